The largest absolute Gasteiger partial charge is 1.00 e. The minimum Gasteiger partial charge on any atom is -0.399 e. The number of nitrogens with one attached hydrogen (secondary N) is 1. The van der Waals surface area contributed by atoms with Crippen LogP contribution in [0.1, 0.15) is 150 Å². The average molecular weight is 1100 g/mol. The molecule has 2 aliphatic heterocycles. The van der Waals surface area contributed by atoms with Crippen LogP contribution in [0.4, 0.5) is 23.4 Å². The van der Waals surface area contributed by atoms with Crippen LogP contribution in [0, 0.1) is 49.0 Å². The number of benzene rings is 4. The third-order valence-electron chi connectivity index (χ3n) is 15.7. The number of rotatable bonds is 19. The van der Waals surface area contributed by atoms with E-state index >= 15 is 17.6 Å². The summed E-state index contributed by atoms with van der Waals surface area (Å²) >= 11 is 6.55. The Labute approximate surface area is 493 Å². The van der Waals surface area contributed by atoms with E-state index in [2.05, 4.69) is 59.9 Å². The van der Waals surface area contributed by atoms with Gasteiger partial charge in [-0.2, -0.15) is 17.9 Å². The van der Waals surface area contributed by atoms with Gasteiger partial charge in [-0.05, 0) is 122 Å². The summed E-state index contributed by atoms with van der Waals surface area (Å²) in [7, 11) is 3.62. The summed E-state index contributed by atoms with van der Waals surface area (Å²) in [6.45, 7) is 31.7. The van der Waals surface area contributed by atoms with Crippen molar-refractivity contribution < 1.29 is 47.1 Å². The number of fused-ring (bicyclic) bond motifs is 1. The van der Waals surface area contributed by atoms with Crippen LogP contribution >= 0.6 is 11.6 Å². The van der Waals surface area contributed by atoms with Crippen LogP contribution in [0.2, 0.25) is 5.02 Å². The Bertz CT molecular complexity index is 2770. The van der Waals surface area contributed by atoms with Crippen molar-refractivity contribution in [2.75, 3.05) is 51.2 Å². The van der Waals surface area contributed by atoms with Crippen LogP contribution in [-0.2, 0) is 19.9 Å². The molecule has 3 aliphatic rings. The van der Waals surface area contributed by atoms with Crippen molar-refractivity contribution in [2.45, 2.75) is 130 Å². The molecule has 0 atom stereocenters. The first-order chi connectivity index (χ1) is 36.5. The molecule has 5 aromatic rings. The normalized spacial score (nSPS) is 15.3. The molecule has 3 heterocycles. The molecule has 2 saturated heterocycles. The first-order valence-corrected chi connectivity index (χ1v) is 28.3. The molecule has 13 heteroatoms. The minimum absolute atomic E-state index is 0. The molecule has 1 saturated carbocycles. The van der Waals surface area contributed by atoms with Crippen LogP contribution in [0.15, 0.2) is 98.5 Å². The number of unbranched alkanes of at least 4 members (excludes halogenated alkanes) is 1. The van der Waals surface area contributed by atoms with Crippen molar-refractivity contribution in [1.29, 1.82) is 0 Å². The van der Waals surface area contributed by atoms with Gasteiger partial charge in [0, 0.05) is 86.0 Å². The zero-order valence-corrected chi connectivity index (χ0v) is 51.4. The third kappa shape index (κ3) is 16.1. The van der Waals surface area contributed by atoms with Gasteiger partial charge in [-0.1, -0.05) is 134 Å². The zero-order valence-electron chi connectivity index (χ0n) is 48.6. The molecule has 1 aliphatic carbocycles. The van der Waals surface area contributed by atoms with Gasteiger partial charge in [-0.25, -0.2) is 17.6 Å². The molecule has 420 valence electrons. The molecular formula is C65H88ClF4N7Na-. The van der Waals surface area contributed by atoms with Gasteiger partial charge in [0.1, 0.15) is 23.0 Å². The van der Waals surface area contributed by atoms with E-state index in [1.165, 1.54) is 56.4 Å². The maximum atomic E-state index is 16.0. The summed E-state index contributed by atoms with van der Waals surface area (Å²) in [4.78, 5) is 6.98. The van der Waals surface area contributed by atoms with Crippen molar-refractivity contribution in [1.82, 2.24) is 24.9 Å². The summed E-state index contributed by atoms with van der Waals surface area (Å²) in [5.74, 6) is -0.0926. The summed E-state index contributed by atoms with van der Waals surface area (Å²) in [6, 6.07) is 16.3. The molecule has 0 unspecified atom stereocenters. The van der Waals surface area contributed by atoms with Crippen LogP contribution in [0.5, 0.6) is 0 Å². The number of allylic oxidation sites excluding steroid dienone is 1. The fourth-order valence-electron chi connectivity index (χ4n) is 11.6. The van der Waals surface area contributed by atoms with E-state index in [1.54, 1.807) is 30.1 Å². The van der Waals surface area contributed by atoms with E-state index in [9.17, 15) is 0 Å². The first-order valence-electron chi connectivity index (χ1n) is 27.9. The van der Waals surface area contributed by atoms with E-state index < -0.39 is 23.3 Å². The number of halogens is 5. The van der Waals surface area contributed by atoms with E-state index in [-0.39, 0.29) is 70.7 Å². The Morgan fingerprint density at radius 1 is 0.897 bits per heavy atom. The van der Waals surface area contributed by atoms with Gasteiger partial charge in [-0.3, -0.25) is 4.68 Å². The predicted octanol–water partition coefficient (Wildman–Crippen LogP) is 13.5. The Balaban J connectivity index is 0.000000329. The van der Waals surface area contributed by atoms with Crippen molar-refractivity contribution in [3.05, 3.63) is 174 Å². The molecule has 0 bridgehead atoms. The Morgan fingerprint density at radius 3 is 2.15 bits per heavy atom. The van der Waals surface area contributed by atoms with Crippen molar-refractivity contribution in [3.8, 4) is 11.1 Å². The quantitative estimate of drug-likeness (QED) is 0.0488. The summed E-state index contributed by atoms with van der Waals surface area (Å²) < 4.78 is 64.2. The minimum atomic E-state index is -0.566. The number of anilines is 1. The second-order valence-electron chi connectivity index (χ2n) is 21.2. The standard InChI is InChI=1S/C34H49F2N6.C28H30ClF2N.C2H6.CH3.Na/c1-6-37-24(2)12-17-39(4)34-29-22-30(35)31(32(36)33(29)40(5)38-34)28-15-18-41(19-16-28)23-26-13-20-42(21-14-26)25(3)27-10-8-7-9-11-27;1-5-6-12-20-13-14-22(18(4)32)25(28(20)31)26-24(17(2)3)21(16-23(30)27(26)29)15-19-10-8-7-9-11-19;1-2;;/h6-7,22,26-28,37H,1-3,8-21,23H2,4-5H3;7-11,13-14,16-17H,4-6,12,15,32H2,1-3H3;1-2H3;1H3;/q-1;;;-1;+1. The number of nitrogens with two attached hydrogens (primary N) is 1. The molecule has 0 spiro atoms. The molecule has 8 rings (SSSR count). The number of aromatic nitrogens is 2. The summed E-state index contributed by atoms with van der Waals surface area (Å²) in [5, 5.41) is 7.98. The van der Waals surface area contributed by atoms with Crippen molar-refractivity contribution in [3.63, 3.8) is 0 Å². The molecule has 3 fully saturated rings. The monoisotopic (exact) mass is 1100 g/mol. The van der Waals surface area contributed by atoms with Gasteiger partial charge in [0.05, 0.1) is 10.4 Å². The van der Waals surface area contributed by atoms with Crippen LogP contribution in [-0.4, -0.2) is 65.9 Å². The average Bonchev–Trinajstić information content (AvgIpc) is 3.80. The molecule has 78 heavy (non-hydrogen) atoms. The molecule has 4 aromatic carbocycles. The molecule has 7 nitrogen and oxygen atoms in total. The fraction of sp³-hybridized carbons (Fsp3) is 0.462. The number of nitrogens with zero attached hydrogens (tertiary/aromatic N) is 5. The number of hydrogen-bond acceptors (Lipinski definition) is 6. The topological polar surface area (TPSA) is 65.6 Å². The van der Waals surface area contributed by atoms with Gasteiger partial charge < -0.3 is 39.6 Å². The maximum absolute atomic E-state index is 16.0. The molecule has 1 aromatic heterocycles. The smallest absolute Gasteiger partial charge is 0.399 e. The predicted molar refractivity (Wildman–Crippen MR) is 319 cm³/mol. The SMILES string of the molecule is C=C(N)c1ccc(CCCC)c(F)c1-c1c(Cl)c(F)cc(Cc2ccccc2)c1C(C)C.C=CNC(=C)CCN(C)c1nn(C)c2c(F)c(C3CCN(CC4CCN(C(=C)C5CC[CH-]CC5)CC4)CC3)c(F)cc12.CC.[CH3-].[Na+]. The zero-order chi connectivity index (χ0) is 55.2. The summed E-state index contributed by atoms with van der Waals surface area (Å²) in [5.41, 5.74) is 13.4. The van der Waals surface area contributed by atoms with Crippen molar-refractivity contribution in [2.24, 2.45) is 24.6 Å². The summed E-state index contributed by atoms with van der Waals surface area (Å²) in [6.07, 6.45) is 16.5. The number of aryl methyl sites for hydroxylation is 2. The van der Waals surface area contributed by atoms with E-state index in [0.717, 1.165) is 80.8 Å². The van der Waals surface area contributed by atoms with Gasteiger partial charge >= 0.3 is 29.6 Å². The Morgan fingerprint density at radius 2 is 1.55 bits per heavy atom. The first kappa shape index (κ1) is 66.0. The van der Waals surface area contributed by atoms with Crippen molar-refractivity contribution >= 4 is 34.0 Å². The van der Waals surface area contributed by atoms with E-state index in [0.29, 0.717) is 71.1 Å². The number of hydrogen-bond donors (Lipinski definition) is 2. The van der Waals surface area contributed by atoms with Crippen LogP contribution in [0.25, 0.3) is 27.7 Å². The molecule has 3 N–H and O–H groups in total. The second kappa shape index (κ2) is 31.5. The van der Waals surface area contributed by atoms with Crippen LogP contribution in [0.3, 0.4) is 0 Å². The van der Waals surface area contributed by atoms with Gasteiger partial charge in [-0.15, -0.1) is 0 Å². The van der Waals surface area contributed by atoms with Gasteiger partial charge in [0.25, 0.3) is 0 Å². The molecule has 0 amide bonds. The molecular weight excluding hydrogens is 1010 g/mol. The van der Waals surface area contributed by atoms with Gasteiger partial charge in [0.2, 0.25) is 0 Å². The maximum Gasteiger partial charge on any atom is 1.00 e. The Hall–Kier alpha value is -4.52. The number of piperidine rings is 2. The molecule has 0 radical (unpaired) electrons. The number of likely N-dealkylation sites (tertiary alicyclic amines) is 2. The Kier molecular flexibility index (Phi) is 26.6. The van der Waals surface area contributed by atoms with Gasteiger partial charge in [0.15, 0.2) is 11.6 Å². The fourth-order valence-corrected chi connectivity index (χ4v) is 11.8. The third-order valence-corrected chi connectivity index (χ3v) is 16.0. The van der Waals surface area contributed by atoms with E-state index in [4.69, 9.17) is 17.3 Å². The van der Waals surface area contributed by atoms with E-state index in [1.807, 2.05) is 70.0 Å². The van der Waals surface area contributed by atoms with Crippen LogP contribution < -0.4 is 45.5 Å². The second-order valence-corrected chi connectivity index (χ2v) is 21.6.